The highest BCUT2D eigenvalue weighted by Crippen LogP contribution is 2.67. The van der Waals surface area contributed by atoms with Gasteiger partial charge in [-0.15, -0.1) is 11.6 Å². The Balaban J connectivity index is 1.41. The van der Waals surface area contributed by atoms with Crippen LogP contribution in [0.3, 0.4) is 0 Å². The third kappa shape index (κ3) is 5.14. The molecular weight excluding hydrogens is 440 g/mol. The molecule has 0 aromatic heterocycles. The molecule has 0 heterocycles. The van der Waals surface area contributed by atoms with Crippen molar-refractivity contribution in [1.82, 2.24) is 0 Å². The first-order chi connectivity index (χ1) is 16.2. The summed E-state index contributed by atoms with van der Waals surface area (Å²) in [4.78, 5) is 12.2. The van der Waals surface area contributed by atoms with E-state index in [0.29, 0.717) is 23.1 Å². The lowest BCUT2D eigenvalue weighted by atomic mass is 9.47. The Morgan fingerprint density at radius 1 is 1.06 bits per heavy atom. The van der Waals surface area contributed by atoms with Gasteiger partial charge in [-0.2, -0.15) is 0 Å². The minimum Gasteiger partial charge on any atom is -0.462 e. The molecule has 4 aliphatic rings. The fourth-order valence-electron chi connectivity index (χ4n) is 9.21. The molecule has 3 fully saturated rings. The number of allylic oxidation sites excluding steroid dienone is 1. The third-order valence-electron chi connectivity index (χ3n) is 11.1. The van der Waals surface area contributed by atoms with E-state index in [2.05, 4.69) is 40.7 Å². The predicted molar refractivity (Wildman–Crippen MR) is 143 cm³/mol. The van der Waals surface area contributed by atoms with Gasteiger partial charge in [0.15, 0.2) is 0 Å². The van der Waals surface area contributed by atoms with Crippen molar-refractivity contribution in [3.05, 3.63) is 11.6 Å². The number of alkyl halides is 1. The van der Waals surface area contributed by atoms with Gasteiger partial charge in [0.1, 0.15) is 6.10 Å². The largest absolute Gasteiger partial charge is 0.462 e. The molecule has 194 valence electrons. The average molecular weight is 491 g/mol. The summed E-state index contributed by atoms with van der Waals surface area (Å²) in [6, 6.07) is 0. The molecule has 0 amide bonds. The summed E-state index contributed by atoms with van der Waals surface area (Å²) in [5, 5.41) is 0. The van der Waals surface area contributed by atoms with Crippen LogP contribution in [0.5, 0.6) is 0 Å². The number of hydrogen-bond donors (Lipinski definition) is 0. The molecule has 0 bridgehead atoms. The van der Waals surface area contributed by atoms with Crippen LogP contribution in [0.25, 0.3) is 0 Å². The van der Waals surface area contributed by atoms with Gasteiger partial charge in [-0.05, 0) is 97.7 Å². The van der Waals surface area contributed by atoms with Gasteiger partial charge >= 0.3 is 5.97 Å². The molecule has 3 saturated carbocycles. The highest BCUT2D eigenvalue weighted by Gasteiger charge is 2.59. The summed E-state index contributed by atoms with van der Waals surface area (Å²) >= 11 is 5.75. The standard InChI is InChI=1S/C31H51ClO2/c1-21(2)8-6-9-22(3)26-13-14-27-25-12-11-23-20-24(34-29(33)10-7-19-32)15-17-30(23,4)28(25)16-18-31(26,27)5/h11,21-22,24-28H,6-10,12-20H2,1-5H3/t22-,24+,25-,26+,27-,28-,30-,31+/m0/s1. The fourth-order valence-corrected chi connectivity index (χ4v) is 9.34. The second-order valence-corrected chi connectivity index (χ2v) is 13.8. The molecule has 2 nitrogen and oxygen atoms in total. The van der Waals surface area contributed by atoms with Crippen molar-refractivity contribution >= 4 is 17.6 Å². The first-order valence-electron chi connectivity index (χ1n) is 14.6. The SMILES string of the molecule is CC(C)CCC[C@H](C)[C@H]1CC[C@H]2[C@@H]3CC=C4C[C@H](OC(=O)CCCCl)CC[C@]4(C)[C@H]3CC[C@]12C. The molecule has 0 aliphatic heterocycles. The summed E-state index contributed by atoms with van der Waals surface area (Å²) in [6.07, 6.45) is 18.3. The van der Waals surface area contributed by atoms with Crippen molar-refractivity contribution in [3.8, 4) is 0 Å². The van der Waals surface area contributed by atoms with Gasteiger partial charge in [0.05, 0.1) is 0 Å². The van der Waals surface area contributed by atoms with E-state index in [-0.39, 0.29) is 12.1 Å². The molecular formula is C31H51ClO2. The molecule has 8 atom stereocenters. The van der Waals surface area contributed by atoms with Crippen LogP contribution in [-0.2, 0) is 9.53 Å². The van der Waals surface area contributed by atoms with Crippen molar-refractivity contribution in [2.45, 2.75) is 124 Å². The number of hydrogen-bond acceptors (Lipinski definition) is 2. The zero-order valence-electron chi connectivity index (χ0n) is 22.7. The maximum absolute atomic E-state index is 12.2. The first-order valence-corrected chi connectivity index (χ1v) is 15.2. The zero-order chi connectivity index (χ0) is 24.5. The summed E-state index contributed by atoms with van der Waals surface area (Å²) in [7, 11) is 0. The molecule has 34 heavy (non-hydrogen) atoms. The van der Waals surface area contributed by atoms with Gasteiger partial charge in [0.25, 0.3) is 0 Å². The van der Waals surface area contributed by atoms with Gasteiger partial charge in [-0.25, -0.2) is 0 Å². The molecule has 0 saturated heterocycles. The topological polar surface area (TPSA) is 26.3 Å². The van der Waals surface area contributed by atoms with Crippen LogP contribution in [0.1, 0.15) is 118 Å². The van der Waals surface area contributed by atoms with Crippen LogP contribution in [-0.4, -0.2) is 18.0 Å². The number of halogens is 1. The van der Waals surface area contributed by atoms with E-state index in [0.717, 1.165) is 54.8 Å². The zero-order valence-corrected chi connectivity index (χ0v) is 23.5. The van der Waals surface area contributed by atoms with Crippen molar-refractivity contribution in [2.75, 3.05) is 5.88 Å². The Labute approximate surface area is 215 Å². The molecule has 0 N–H and O–H groups in total. The van der Waals surface area contributed by atoms with E-state index in [9.17, 15) is 4.79 Å². The fraction of sp³-hybridized carbons (Fsp3) is 0.903. The average Bonchev–Trinajstić information content (AvgIpc) is 3.15. The number of carbonyl (C=O) groups is 1. The second kappa shape index (κ2) is 10.9. The van der Waals surface area contributed by atoms with Gasteiger partial charge in [-0.3, -0.25) is 4.79 Å². The quantitative estimate of drug-likeness (QED) is 0.183. The second-order valence-electron chi connectivity index (χ2n) is 13.4. The molecule has 0 radical (unpaired) electrons. The van der Waals surface area contributed by atoms with E-state index in [4.69, 9.17) is 16.3 Å². The highest BCUT2D eigenvalue weighted by molar-refractivity contribution is 6.17. The minimum atomic E-state index is -0.0588. The number of carbonyl (C=O) groups excluding carboxylic acids is 1. The van der Waals surface area contributed by atoms with Crippen LogP contribution in [0, 0.1) is 46.3 Å². The van der Waals surface area contributed by atoms with Gasteiger partial charge < -0.3 is 4.74 Å². The summed E-state index contributed by atoms with van der Waals surface area (Å²) in [5.41, 5.74) is 2.48. The minimum absolute atomic E-state index is 0.0588. The Morgan fingerprint density at radius 3 is 2.59 bits per heavy atom. The monoisotopic (exact) mass is 490 g/mol. The lowest BCUT2D eigenvalue weighted by Crippen LogP contribution is -2.51. The molecule has 4 rings (SSSR count). The van der Waals surface area contributed by atoms with Crippen LogP contribution >= 0.6 is 11.6 Å². The van der Waals surface area contributed by atoms with Crippen molar-refractivity contribution in [3.63, 3.8) is 0 Å². The molecule has 3 heteroatoms. The lowest BCUT2D eigenvalue weighted by molar-refractivity contribution is -0.151. The van der Waals surface area contributed by atoms with Crippen molar-refractivity contribution in [2.24, 2.45) is 46.3 Å². The molecule has 0 spiro atoms. The summed E-state index contributed by atoms with van der Waals surface area (Å²) in [6.45, 7) is 12.5. The van der Waals surface area contributed by atoms with E-state index >= 15 is 0 Å². The van der Waals surface area contributed by atoms with Crippen molar-refractivity contribution in [1.29, 1.82) is 0 Å². The molecule has 4 aliphatic carbocycles. The van der Waals surface area contributed by atoms with Crippen LogP contribution in [0.15, 0.2) is 11.6 Å². The van der Waals surface area contributed by atoms with Crippen LogP contribution < -0.4 is 0 Å². The van der Waals surface area contributed by atoms with E-state index < -0.39 is 0 Å². The van der Waals surface area contributed by atoms with Crippen LogP contribution in [0.4, 0.5) is 0 Å². The van der Waals surface area contributed by atoms with E-state index in [1.807, 2.05) is 0 Å². The van der Waals surface area contributed by atoms with Gasteiger partial charge in [0.2, 0.25) is 0 Å². The van der Waals surface area contributed by atoms with Crippen molar-refractivity contribution < 1.29 is 9.53 Å². The number of fused-ring (bicyclic) bond motifs is 5. The Bertz CT molecular complexity index is 744. The number of esters is 1. The Hall–Kier alpha value is -0.500. The number of ether oxygens (including phenoxy) is 1. The molecule has 0 aromatic rings. The third-order valence-corrected chi connectivity index (χ3v) is 11.3. The predicted octanol–water partition coefficient (Wildman–Crippen LogP) is 8.96. The Kier molecular flexibility index (Phi) is 8.48. The number of rotatable bonds is 9. The van der Waals surface area contributed by atoms with Gasteiger partial charge in [-0.1, -0.05) is 65.5 Å². The first kappa shape index (κ1) is 26.6. The van der Waals surface area contributed by atoms with Gasteiger partial charge in [0, 0.05) is 18.7 Å². The molecule has 0 unspecified atom stereocenters. The summed E-state index contributed by atoms with van der Waals surface area (Å²) < 4.78 is 5.86. The maximum Gasteiger partial charge on any atom is 0.306 e. The smallest absolute Gasteiger partial charge is 0.306 e. The summed E-state index contributed by atoms with van der Waals surface area (Å²) in [5.74, 6) is 5.70. The normalized spacial score (nSPS) is 40.2. The molecule has 0 aromatic carbocycles. The Morgan fingerprint density at radius 2 is 1.85 bits per heavy atom. The van der Waals surface area contributed by atoms with E-state index in [1.165, 1.54) is 57.8 Å². The highest BCUT2D eigenvalue weighted by atomic mass is 35.5. The lowest BCUT2D eigenvalue weighted by Gasteiger charge is -2.58. The van der Waals surface area contributed by atoms with E-state index in [1.54, 1.807) is 5.57 Å². The maximum atomic E-state index is 12.2. The van der Waals surface area contributed by atoms with Crippen LogP contribution in [0.2, 0.25) is 0 Å².